The second-order valence-electron chi connectivity index (χ2n) is 6.10. The number of aryl methyl sites for hydroxylation is 2. The van der Waals surface area contributed by atoms with Crippen molar-refractivity contribution in [2.24, 2.45) is 0 Å². The first-order valence-corrected chi connectivity index (χ1v) is 10.0. The van der Waals surface area contributed by atoms with Crippen LogP contribution in [0.3, 0.4) is 0 Å². The summed E-state index contributed by atoms with van der Waals surface area (Å²) in [5, 5.41) is 2.75. The third-order valence-corrected chi connectivity index (χ3v) is 5.06. The fourth-order valence-corrected chi connectivity index (χ4v) is 3.36. The molecule has 25 heavy (non-hydrogen) atoms. The molecule has 2 rings (SSSR count). The lowest BCUT2D eigenvalue weighted by Crippen LogP contribution is -2.38. The number of hydrogen-bond acceptors (Lipinski definition) is 3. The third-order valence-electron chi connectivity index (χ3n) is 3.81. The molecular weight excluding hydrogens is 336 g/mol. The average Bonchev–Trinajstić information content (AvgIpc) is 2.54. The number of amides is 1. The van der Waals surface area contributed by atoms with Crippen LogP contribution < -0.4 is 5.32 Å². The third kappa shape index (κ3) is 6.68. The van der Waals surface area contributed by atoms with E-state index in [-0.39, 0.29) is 12.5 Å². The Morgan fingerprint density at radius 3 is 2.44 bits per heavy atom. The van der Waals surface area contributed by atoms with E-state index < -0.39 is 10.0 Å². The first-order chi connectivity index (χ1) is 11.8. The zero-order valence-corrected chi connectivity index (χ0v) is 15.4. The van der Waals surface area contributed by atoms with Crippen LogP contribution in [0.5, 0.6) is 0 Å². The van der Waals surface area contributed by atoms with E-state index in [0.717, 1.165) is 23.8 Å². The Balaban J connectivity index is 1.92. The molecule has 0 aliphatic carbocycles. The molecule has 0 atom stereocenters. The summed E-state index contributed by atoms with van der Waals surface area (Å²) < 4.78 is 25.1. The quantitative estimate of drug-likeness (QED) is 0.787. The van der Waals surface area contributed by atoms with Gasteiger partial charge in [-0.05, 0) is 43.0 Å². The van der Waals surface area contributed by atoms with E-state index >= 15 is 0 Å². The molecule has 0 saturated carbocycles. The van der Waals surface area contributed by atoms with E-state index in [9.17, 15) is 13.2 Å². The molecule has 5 nitrogen and oxygen atoms in total. The van der Waals surface area contributed by atoms with Crippen LogP contribution >= 0.6 is 0 Å². The van der Waals surface area contributed by atoms with Crippen molar-refractivity contribution in [3.05, 3.63) is 65.7 Å². The van der Waals surface area contributed by atoms with Gasteiger partial charge in [-0.15, -0.1) is 0 Å². The Hall–Kier alpha value is -2.18. The molecule has 6 heteroatoms. The number of hydrogen-bond donors (Lipinski definition) is 1. The second kappa shape index (κ2) is 8.78. The summed E-state index contributed by atoms with van der Waals surface area (Å²) in [6, 6.07) is 17.3. The number of carbonyl (C=O) groups is 1. The van der Waals surface area contributed by atoms with Crippen LogP contribution in [0.15, 0.2) is 54.6 Å². The number of sulfonamides is 1. The van der Waals surface area contributed by atoms with Crippen LogP contribution in [-0.4, -0.2) is 38.0 Å². The largest absolute Gasteiger partial charge is 0.325 e. The molecule has 0 bridgehead atoms. The predicted octanol–water partition coefficient (Wildman–Crippen LogP) is 2.83. The van der Waals surface area contributed by atoms with Gasteiger partial charge in [0.15, 0.2) is 0 Å². The molecule has 0 radical (unpaired) electrons. The van der Waals surface area contributed by atoms with Gasteiger partial charge in [-0.2, -0.15) is 4.31 Å². The van der Waals surface area contributed by atoms with Gasteiger partial charge in [0.1, 0.15) is 0 Å². The molecule has 1 N–H and O–H groups in total. The van der Waals surface area contributed by atoms with Gasteiger partial charge >= 0.3 is 0 Å². The summed E-state index contributed by atoms with van der Waals surface area (Å²) in [5.41, 5.74) is 2.85. The topological polar surface area (TPSA) is 66.5 Å². The van der Waals surface area contributed by atoms with Gasteiger partial charge in [0, 0.05) is 12.2 Å². The van der Waals surface area contributed by atoms with Crippen molar-refractivity contribution < 1.29 is 13.2 Å². The van der Waals surface area contributed by atoms with Crippen LogP contribution in [0.2, 0.25) is 0 Å². The van der Waals surface area contributed by atoms with Crippen LogP contribution in [0.25, 0.3) is 0 Å². The molecule has 0 aliphatic rings. The fourth-order valence-electron chi connectivity index (χ4n) is 2.55. The normalized spacial score (nSPS) is 11.5. The minimum atomic E-state index is -3.44. The molecule has 2 aromatic rings. The van der Waals surface area contributed by atoms with Crippen molar-refractivity contribution in [3.8, 4) is 0 Å². The number of anilines is 1. The lowest BCUT2D eigenvalue weighted by Gasteiger charge is -2.19. The first kappa shape index (κ1) is 19.1. The SMILES string of the molecule is Cc1cccc(NC(=O)CN(CCCc2ccccc2)S(C)(=O)=O)c1. The highest BCUT2D eigenvalue weighted by Gasteiger charge is 2.19. The lowest BCUT2D eigenvalue weighted by atomic mass is 10.1. The second-order valence-corrected chi connectivity index (χ2v) is 8.09. The van der Waals surface area contributed by atoms with E-state index in [0.29, 0.717) is 18.7 Å². The van der Waals surface area contributed by atoms with Crippen molar-refractivity contribution in [3.63, 3.8) is 0 Å². The number of nitrogens with one attached hydrogen (secondary N) is 1. The van der Waals surface area contributed by atoms with Crippen LogP contribution in [0.1, 0.15) is 17.5 Å². The van der Waals surface area contributed by atoms with Gasteiger partial charge in [0.25, 0.3) is 0 Å². The Morgan fingerprint density at radius 1 is 1.08 bits per heavy atom. The van der Waals surface area contributed by atoms with E-state index in [1.165, 1.54) is 4.31 Å². The summed E-state index contributed by atoms with van der Waals surface area (Å²) >= 11 is 0. The van der Waals surface area contributed by atoms with Gasteiger partial charge in [-0.25, -0.2) is 8.42 Å². The Bertz CT molecular complexity index is 804. The first-order valence-electron chi connectivity index (χ1n) is 8.20. The monoisotopic (exact) mass is 360 g/mol. The van der Waals surface area contributed by atoms with Gasteiger partial charge < -0.3 is 5.32 Å². The summed E-state index contributed by atoms with van der Waals surface area (Å²) in [4.78, 5) is 12.2. The summed E-state index contributed by atoms with van der Waals surface area (Å²) in [7, 11) is -3.44. The molecule has 0 aliphatic heterocycles. The van der Waals surface area contributed by atoms with E-state index in [1.54, 1.807) is 6.07 Å². The molecule has 0 fully saturated rings. The Labute approximate surface area is 149 Å². The molecule has 1 amide bonds. The highest BCUT2D eigenvalue weighted by Crippen LogP contribution is 2.10. The van der Waals surface area contributed by atoms with Crippen molar-refractivity contribution in [1.82, 2.24) is 4.31 Å². The van der Waals surface area contributed by atoms with Crippen molar-refractivity contribution >= 4 is 21.6 Å². The van der Waals surface area contributed by atoms with E-state index in [1.807, 2.05) is 55.5 Å². The average molecular weight is 360 g/mol. The minimum absolute atomic E-state index is 0.179. The highest BCUT2D eigenvalue weighted by atomic mass is 32.2. The molecule has 0 spiro atoms. The summed E-state index contributed by atoms with van der Waals surface area (Å²) in [5.74, 6) is -0.337. The van der Waals surface area contributed by atoms with Crippen LogP contribution in [0, 0.1) is 6.92 Å². The van der Waals surface area contributed by atoms with Gasteiger partial charge in [-0.1, -0.05) is 42.5 Å². The molecule has 2 aromatic carbocycles. The molecule has 0 unspecified atom stereocenters. The number of rotatable bonds is 8. The summed E-state index contributed by atoms with van der Waals surface area (Å²) in [6.45, 7) is 2.07. The minimum Gasteiger partial charge on any atom is -0.325 e. The Morgan fingerprint density at radius 2 is 1.80 bits per heavy atom. The zero-order valence-electron chi connectivity index (χ0n) is 14.6. The molecule has 0 heterocycles. The standard InChI is InChI=1S/C19H24N2O3S/c1-16-8-6-12-18(14-16)20-19(22)15-21(25(2,23)24)13-7-11-17-9-4-3-5-10-17/h3-6,8-10,12,14H,7,11,13,15H2,1-2H3,(H,20,22). The highest BCUT2D eigenvalue weighted by molar-refractivity contribution is 7.88. The maximum absolute atomic E-state index is 12.2. The van der Waals surface area contributed by atoms with E-state index in [2.05, 4.69) is 5.32 Å². The number of carbonyl (C=O) groups excluding carboxylic acids is 1. The van der Waals surface area contributed by atoms with E-state index in [4.69, 9.17) is 0 Å². The van der Waals surface area contributed by atoms with Crippen LogP contribution in [0.4, 0.5) is 5.69 Å². The van der Waals surface area contributed by atoms with Crippen LogP contribution in [-0.2, 0) is 21.2 Å². The number of nitrogens with zero attached hydrogens (tertiary/aromatic N) is 1. The van der Waals surface area contributed by atoms with Gasteiger partial charge in [0.05, 0.1) is 12.8 Å². The molecule has 0 aromatic heterocycles. The van der Waals surface area contributed by atoms with Crippen molar-refractivity contribution in [2.45, 2.75) is 19.8 Å². The molecular formula is C19H24N2O3S. The maximum atomic E-state index is 12.2. The smallest absolute Gasteiger partial charge is 0.239 e. The maximum Gasteiger partial charge on any atom is 0.239 e. The van der Waals surface area contributed by atoms with Crippen molar-refractivity contribution in [2.75, 3.05) is 24.7 Å². The lowest BCUT2D eigenvalue weighted by molar-refractivity contribution is -0.116. The van der Waals surface area contributed by atoms with Gasteiger partial charge in [-0.3, -0.25) is 4.79 Å². The molecule has 0 saturated heterocycles. The Kier molecular flexibility index (Phi) is 6.73. The molecule has 134 valence electrons. The van der Waals surface area contributed by atoms with Crippen molar-refractivity contribution in [1.29, 1.82) is 0 Å². The summed E-state index contributed by atoms with van der Waals surface area (Å²) in [6.07, 6.45) is 2.57. The fraction of sp³-hybridized carbons (Fsp3) is 0.316. The zero-order chi connectivity index (χ0) is 18.3. The predicted molar refractivity (Wildman–Crippen MR) is 101 cm³/mol. The van der Waals surface area contributed by atoms with Gasteiger partial charge in [0.2, 0.25) is 15.9 Å². The number of benzene rings is 2.